The van der Waals surface area contributed by atoms with Gasteiger partial charge in [0.1, 0.15) is 17.5 Å². The molecule has 8 nitrogen and oxygen atoms in total. The molecule has 0 fully saturated rings. The third-order valence-corrected chi connectivity index (χ3v) is 6.51. The van der Waals surface area contributed by atoms with Crippen LogP contribution in [0, 0.1) is 11.3 Å². The van der Waals surface area contributed by atoms with E-state index >= 15 is 0 Å². The minimum Gasteiger partial charge on any atom is -0.357 e. The van der Waals surface area contributed by atoms with Crippen molar-refractivity contribution in [3.8, 4) is 6.07 Å². The van der Waals surface area contributed by atoms with Crippen molar-refractivity contribution >= 4 is 11.7 Å². The summed E-state index contributed by atoms with van der Waals surface area (Å²) in [6.07, 6.45) is 1.84. The molecule has 2 heterocycles. The Balaban J connectivity index is 1.46. The summed E-state index contributed by atoms with van der Waals surface area (Å²) in [6, 6.07) is 5.10. The van der Waals surface area contributed by atoms with Gasteiger partial charge in [0.15, 0.2) is 0 Å². The Morgan fingerprint density at radius 2 is 1.97 bits per heavy atom. The molecule has 36 heavy (non-hydrogen) atoms. The number of nitrogens with zero attached hydrogens (tertiary/aromatic N) is 5. The average molecular weight is 505 g/mol. The highest BCUT2D eigenvalue weighted by Crippen LogP contribution is 2.39. The molecule has 0 aliphatic heterocycles. The third-order valence-electron chi connectivity index (χ3n) is 6.51. The predicted molar refractivity (Wildman–Crippen MR) is 128 cm³/mol. The molecule has 194 valence electrons. The first kappa shape index (κ1) is 27.2. The van der Waals surface area contributed by atoms with Gasteiger partial charge in [0.25, 0.3) is 5.56 Å². The molecule has 0 aromatic carbocycles. The highest BCUT2D eigenvalue weighted by atomic mass is 19.4. The zero-order valence-electron chi connectivity index (χ0n) is 20.6. The molecule has 11 heteroatoms. The lowest BCUT2D eigenvalue weighted by molar-refractivity contribution is -0.139. The van der Waals surface area contributed by atoms with Crippen LogP contribution in [0.5, 0.6) is 0 Å². The van der Waals surface area contributed by atoms with Gasteiger partial charge in [-0.05, 0) is 49.8 Å². The lowest BCUT2D eigenvalue weighted by atomic mass is 10.1. The van der Waals surface area contributed by atoms with Crippen molar-refractivity contribution < 1.29 is 18.0 Å². The van der Waals surface area contributed by atoms with Gasteiger partial charge in [-0.2, -0.15) is 23.5 Å². The number of carbonyl (C=O) groups excluding carboxylic acids is 1. The summed E-state index contributed by atoms with van der Waals surface area (Å²) in [7, 11) is 1.58. The summed E-state index contributed by atoms with van der Waals surface area (Å²) >= 11 is 0. The van der Waals surface area contributed by atoms with E-state index in [4.69, 9.17) is 5.26 Å². The largest absolute Gasteiger partial charge is 0.422 e. The van der Waals surface area contributed by atoms with Crippen LogP contribution in [0.4, 0.5) is 19.0 Å². The minimum absolute atomic E-state index is 0.0612. The van der Waals surface area contributed by atoms with Crippen molar-refractivity contribution in [1.82, 2.24) is 20.1 Å². The van der Waals surface area contributed by atoms with E-state index in [1.165, 1.54) is 4.90 Å². The van der Waals surface area contributed by atoms with Gasteiger partial charge in [-0.1, -0.05) is 19.8 Å². The zero-order valence-corrected chi connectivity index (χ0v) is 20.6. The van der Waals surface area contributed by atoms with Gasteiger partial charge in [0, 0.05) is 32.8 Å². The monoisotopic (exact) mass is 504 g/mol. The molecule has 1 N–H and O–H groups in total. The van der Waals surface area contributed by atoms with E-state index in [-0.39, 0.29) is 23.6 Å². The fraction of sp³-hybridized carbons (Fsp3) is 0.560. The first-order chi connectivity index (χ1) is 17.2. The number of nitriles is 1. The smallest absolute Gasteiger partial charge is 0.357 e. The second-order valence-corrected chi connectivity index (χ2v) is 9.02. The number of nitrogens with one attached hydrogen (secondary N) is 1. The molecule has 0 saturated carbocycles. The number of H-pyrrole nitrogens is 1. The first-order valence-electron chi connectivity index (χ1n) is 12.2. The lowest BCUT2D eigenvalue weighted by Gasteiger charge is -2.25. The Kier molecular flexibility index (Phi) is 9.07. The molecule has 0 spiro atoms. The molecule has 2 aromatic heterocycles. The number of amides is 1. The average Bonchev–Trinajstić information content (AvgIpc) is 3.27. The number of hydrogen-bond acceptors (Lipinski definition) is 6. The van der Waals surface area contributed by atoms with E-state index < -0.39 is 23.3 Å². The zero-order chi connectivity index (χ0) is 26.3. The van der Waals surface area contributed by atoms with Gasteiger partial charge in [0.05, 0.1) is 17.3 Å². The number of aromatic amines is 1. The summed E-state index contributed by atoms with van der Waals surface area (Å²) < 4.78 is 40.0. The van der Waals surface area contributed by atoms with E-state index in [1.54, 1.807) is 19.3 Å². The molecule has 1 unspecified atom stereocenters. The molecule has 1 amide bonds. The molecular weight excluding hydrogens is 473 g/mol. The molecule has 0 radical (unpaired) electrons. The maximum absolute atomic E-state index is 13.3. The second-order valence-electron chi connectivity index (χ2n) is 9.02. The van der Waals surface area contributed by atoms with Crippen LogP contribution < -0.4 is 10.5 Å². The number of unbranched alkanes of at least 4 members (excludes halogenated alkanes) is 3. The number of pyridine rings is 1. The van der Waals surface area contributed by atoms with Crippen molar-refractivity contribution in [3.05, 3.63) is 51.1 Å². The van der Waals surface area contributed by atoms with Gasteiger partial charge in [-0.3, -0.25) is 9.59 Å². The van der Waals surface area contributed by atoms with Crippen LogP contribution in [-0.4, -0.2) is 46.1 Å². The quantitative estimate of drug-likeness (QED) is 0.456. The van der Waals surface area contributed by atoms with Crippen LogP contribution in [0.25, 0.3) is 0 Å². The van der Waals surface area contributed by atoms with E-state index in [1.807, 2.05) is 11.2 Å². The Labute approximate surface area is 208 Å². The Bertz CT molecular complexity index is 1140. The summed E-state index contributed by atoms with van der Waals surface area (Å²) in [5.41, 5.74) is -1.90. The number of aromatic nitrogens is 3. The first-order valence-corrected chi connectivity index (χ1v) is 12.2. The van der Waals surface area contributed by atoms with Crippen molar-refractivity contribution in [2.24, 2.45) is 0 Å². The van der Waals surface area contributed by atoms with Crippen LogP contribution in [0.2, 0.25) is 0 Å². The van der Waals surface area contributed by atoms with Gasteiger partial charge >= 0.3 is 6.18 Å². The van der Waals surface area contributed by atoms with E-state index in [2.05, 4.69) is 28.0 Å². The molecule has 0 bridgehead atoms. The minimum atomic E-state index is -4.76. The van der Waals surface area contributed by atoms with Gasteiger partial charge in [-0.15, -0.1) is 0 Å². The van der Waals surface area contributed by atoms with E-state index in [0.29, 0.717) is 24.8 Å². The molecule has 3 rings (SSSR count). The molecule has 1 atom stereocenters. The number of anilines is 1. The Hall–Kier alpha value is -3.42. The topological polar surface area (TPSA) is 106 Å². The SMILES string of the molecule is CCCN(CCCCCCC(=O)N(C)C1CCc2c1n[nH]c(=O)c2C(F)(F)F)c1ccc(C#N)cn1. The van der Waals surface area contributed by atoms with Gasteiger partial charge < -0.3 is 9.80 Å². The number of fused-ring (bicyclic) bond motifs is 1. The standard InChI is InChI=1S/C25H31F3N6O2/c1-3-13-34(20-12-9-17(15-29)16-30-20)14-7-5-4-6-8-21(35)33(2)19-11-10-18-22(25(26,27)28)24(36)32-31-23(18)19/h9,12,16,19H,3-8,10-11,13-14H2,1-2H3,(H,32,36). The van der Waals surface area contributed by atoms with Crippen LogP contribution in [0.3, 0.4) is 0 Å². The van der Waals surface area contributed by atoms with E-state index in [9.17, 15) is 22.8 Å². The van der Waals surface area contributed by atoms with Crippen LogP contribution >= 0.6 is 0 Å². The van der Waals surface area contributed by atoms with Crippen LogP contribution in [0.1, 0.15) is 80.3 Å². The Morgan fingerprint density at radius 3 is 2.61 bits per heavy atom. The van der Waals surface area contributed by atoms with Crippen LogP contribution in [-0.2, 0) is 17.4 Å². The second kappa shape index (κ2) is 12.0. The normalized spacial score (nSPS) is 14.8. The third kappa shape index (κ3) is 6.42. The van der Waals surface area contributed by atoms with Crippen LogP contribution in [0.15, 0.2) is 23.1 Å². The lowest BCUT2D eigenvalue weighted by Crippen LogP contribution is -2.32. The predicted octanol–water partition coefficient (Wildman–Crippen LogP) is 4.37. The molecular formula is C25H31F3N6O2. The number of carbonyl (C=O) groups is 1. The van der Waals surface area contributed by atoms with Gasteiger partial charge in [-0.25, -0.2) is 10.1 Å². The summed E-state index contributed by atoms with van der Waals surface area (Å²) in [5, 5.41) is 14.7. The molecule has 1 aliphatic rings. The van der Waals surface area contributed by atoms with E-state index in [0.717, 1.165) is 44.6 Å². The summed E-state index contributed by atoms with van der Waals surface area (Å²) in [5.74, 6) is 0.692. The highest BCUT2D eigenvalue weighted by molar-refractivity contribution is 5.76. The number of alkyl halides is 3. The highest BCUT2D eigenvalue weighted by Gasteiger charge is 2.42. The molecule has 1 aliphatic carbocycles. The summed E-state index contributed by atoms with van der Waals surface area (Å²) in [6.45, 7) is 3.78. The molecule has 2 aromatic rings. The van der Waals surface area contributed by atoms with Crippen molar-refractivity contribution in [3.63, 3.8) is 0 Å². The Morgan fingerprint density at radius 1 is 1.22 bits per heavy atom. The van der Waals surface area contributed by atoms with Gasteiger partial charge in [0.2, 0.25) is 5.91 Å². The molecule has 0 saturated heterocycles. The van der Waals surface area contributed by atoms with Crippen molar-refractivity contribution in [2.75, 3.05) is 25.0 Å². The number of halogens is 3. The van der Waals surface area contributed by atoms with Crippen molar-refractivity contribution in [1.29, 1.82) is 5.26 Å². The summed E-state index contributed by atoms with van der Waals surface area (Å²) in [4.78, 5) is 32.4. The number of rotatable bonds is 11. The fourth-order valence-corrected chi connectivity index (χ4v) is 4.66. The fourth-order valence-electron chi connectivity index (χ4n) is 4.66. The van der Waals surface area contributed by atoms with Crippen molar-refractivity contribution in [2.45, 2.75) is 70.5 Å². The maximum atomic E-state index is 13.3. The number of hydrogen-bond donors (Lipinski definition) is 1. The maximum Gasteiger partial charge on any atom is 0.422 e.